The Bertz CT molecular complexity index is 587. The maximum atomic E-state index is 12.6. The van der Waals surface area contributed by atoms with Crippen LogP contribution in [-0.4, -0.2) is 66.5 Å². The minimum atomic E-state index is -0.152. The van der Waals surface area contributed by atoms with Crippen molar-refractivity contribution in [3.05, 3.63) is 29.6 Å². The Morgan fingerprint density at radius 2 is 2.18 bits per heavy atom. The van der Waals surface area contributed by atoms with Gasteiger partial charge in [0.05, 0.1) is 6.61 Å². The standard InChI is InChI=1S/C16H21N3O3/c1-12-3-4-13(17-7-12)15(21)19-6-5-16(10-19)9-18(2)14(20)8-22-11-16/h3-4,7H,5-6,8-11H2,1-2H3. The summed E-state index contributed by atoms with van der Waals surface area (Å²) < 4.78 is 5.52. The topological polar surface area (TPSA) is 62.7 Å². The van der Waals surface area contributed by atoms with Crippen LogP contribution < -0.4 is 0 Å². The van der Waals surface area contributed by atoms with Crippen LogP contribution in [0, 0.1) is 12.3 Å². The number of rotatable bonds is 1. The Kier molecular flexibility index (Phi) is 3.87. The fraction of sp³-hybridized carbons (Fsp3) is 0.562. The highest BCUT2D eigenvalue weighted by Crippen LogP contribution is 2.33. The molecule has 2 aliphatic heterocycles. The first kappa shape index (κ1) is 15.0. The highest BCUT2D eigenvalue weighted by molar-refractivity contribution is 5.92. The van der Waals surface area contributed by atoms with Crippen LogP contribution in [0.2, 0.25) is 0 Å². The second kappa shape index (κ2) is 5.68. The first-order valence-electron chi connectivity index (χ1n) is 7.53. The molecule has 0 aromatic carbocycles. The van der Waals surface area contributed by atoms with E-state index in [2.05, 4.69) is 4.98 Å². The van der Waals surface area contributed by atoms with Gasteiger partial charge in [0.25, 0.3) is 5.91 Å². The zero-order chi connectivity index (χ0) is 15.7. The Morgan fingerprint density at radius 3 is 2.91 bits per heavy atom. The summed E-state index contributed by atoms with van der Waals surface area (Å²) in [4.78, 5) is 32.0. The van der Waals surface area contributed by atoms with Gasteiger partial charge in [-0.3, -0.25) is 14.6 Å². The van der Waals surface area contributed by atoms with Gasteiger partial charge >= 0.3 is 0 Å². The molecule has 6 nitrogen and oxygen atoms in total. The van der Waals surface area contributed by atoms with Gasteiger partial charge in [0.1, 0.15) is 12.3 Å². The van der Waals surface area contributed by atoms with Crippen LogP contribution in [0.5, 0.6) is 0 Å². The lowest BCUT2D eigenvalue weighted by Crippen LogP contribution is -2.41. The summed E-state index contributed by atoms with van der Waals surface area (Å²) in [5.41, 5.74) is 1.36. The quantitative estimate of drug-likeness (QED) is 0.766. The summed E-state index contributed by atoms with van der Waals surface area (Å²) in [6.45, 7) is 4.53. The molecular weight excluding hydrogens is 282 g/mol. The third-order valence-corrected chi connectivity index (χ3v) is 4.49. The number of likely N-dealkylation sites (N-methyl/N-ethyl adjacent to an activating group) is 1. The van der Waals surface area contributed by atoms with Crippen LogP contribution in [0.3, 0.4) is 0 Å². The summed E-state index contributed by atoms with van der Waals surface area (Å²) >= 11 is 0. The van der Waals surface area contributed by atoms with Gasteiger partial charge in [0, 0.05) is 38.3 Å². The van der Waals surface area contributed by atoms with Crippen LogP contribution in [0.4, 0.5) is 0 Å². The van der Waals surface area contributed by atoms with E-state index in [4.69, 9.17) is 4.74 Å². The first-order chi connectivity index (χ1) is 10.5. The molecule has 0 N–H and O–H groups in total. The largest absolute Gasteiger partial charge is 0.371 e. The van der Waals surface area contributed by atoms with Crippen molar-refractivity contribution in [1.82, 2.24) is 14.8 Å². The van der Waals surface area contributed by atoms with Crippen molar-refractivity contribution >= 4 is 11.8 Å². The zero-order valence-corrected chi connectivity index (χ0v) is 13.0. The molecule has 1 unspecified atom stereocenters. The Morgan fingerprint density at radius 1 is 1.36 bits per heavy atom. The van der Waals surface area contributed by atoms with Gasteiger partial charge in [-0.15, -0.1) is 0 Å². The molecule has 2 aliphatic rings. The fourth-order valence-electron chi connectivity index (χ4n) is 3.21. The summed E-state index contributed by atoms with van der Waals surface area (Å²) in [5.74, 6) is -0.0445. The molecule has 0 aliphatic carbocycles. The third kappa shape index (κ3) is 2.83. The van der Waals surface area contributed by atoms with Crippen LogP contribution in [0.25, 0.3) is 0 Å². The van der Waals surface area contributed by atoms with Crippen molar-refractivity contribution in [3.63, 3.8) is 0 Å². The van der Waals surface area contributed by atoms with Crippen molar-refractivity contribution in [1.29, 1.82) is 0 Å². The number of hydrogen-bond donors (Lipinski definition) is 0. The SMILES string of the molecule is Cc1ccc(C(=O)N2CCC3(COCC(=O)N(C)C3)C2)nc1. The molecule has 0 radical (unpaired) electrons. The molecule has 0 saturated carbocycles. The average molecular weight is 303 g/mol. The van der Waals surface area contributed by atoms with Crippen molar-refractivity contribution in [2.75, 3.05) is 39.9 Å². The number of amides is 2. The molecule has 0 bridgehead atoms. The highest BCUT2D eigenvalue weighted by atomic mass is 16.5. The molecule has 1 aromatic heterocycles. The lowest BCUT2D eigenvalue weighted by molar-refractivity contribution is -0.132. The van der Waals surface area contributed by atoms with Gasteiger partial charge in [-0.1, -0.05) is 6.07 Å². The zero-order valence-electron chi connectivity index (χ0n) is 13.0. The first-order valence-corrected chi connectivity index (χ1v) is 7.53. The maximum Gasteiger partial charge on any atom is 0.272 e. The minimum absolute atomic E-state index is 0.00172. The summed E-state index contributed by atoms with van der Waals surface area (Å²) in [6, 6.07) is 3.66. The van der Waals surface area contributed by atoms with E-state index in [1.165, 1.54) is 0 Å². The molecule has 2 saturated heterocycles. The molecule has 2 fully saturated rings. The smallest absolute Gasteiger partial charge is 0.272 e. The molecule has 118 valence electrons. The Balaban J connectivity index is 1.72. The number of carbonyl (C=O) groups is 2. The fourth-order valence-corrected chi connectivity index (χ4v) is 3.21. The summed E-state index contributed by atoms with van der Waals surface area (Å²) in [6.07, 6.45) is 2.56. The Labute approximate surface area is 130 Å². The Hall–Kier alpha value is -1.95. The number of aromatic nitrogens is 1. The monoisotopic (exact) mass is 303 g/mol. The molecule has 22 heavy (non-hydrogen) atoms. The number of ether oxygens (including phenoxy) is 1. The second-order valence-corrected chi connectivity index (χ2v) is 6.44. The van der Waals surface area contributed by atoms with Gasteiger partial charge in [-0.2, -0.15) is 0 Å². The van der Waals surface area contributed by atoms with Crippen LogP contribution in [0.1, 0.15) is 22.5 Å². The van der Waals surface area contributed by atoms with Gasteiger partial charge in [-0.25, -0.2) is 0 Å². The third-order valence-electron chi connectivity index (χ3n) is 4.49. The molecule has 2 amide bonds. The van der Waals surface area contributed by atoms with Crippen molar-refractivity contribution < 1.29 is 14.3 Å². The van der Waals surface area contributed by atoms with E-state index in [1.54, 1.807) is 24.2 Å². The van der Waals surface area contributed by atoms with Crippen molar-refractivity contribution in [2.45, 2.75) is 13.3 Å². The maximum absolute atomic E-state index is 12.6. The number of aryl methyl sites for hydroxylation is 1. The van der Waals surface area contributed by atoms with E-state index in [0.29, 0.717) is 31.9 Å². The van der Waals surface area contributed by atoms with Gasteiger partial charge in [0.15, 0.2) is 0 Å². The van der Waals surface area contributed by atoms with Crippen molar-refractivity contribution in [2.24, 2.45) is 5.41 Å². The molecule has 3 rings (SSSR count). The van der Waals surface area contributed by atoms with E-state index < -0.39 is 0 Å². The lowest BCUT2D eigenvalue weighted by atomic mass is 9.88. The van der Waals surface area contributed by atoms with E-state index in [0.717, 1.165) is 12.0 Å². The van der Waals surface area contributed by atoms with Crippen LogP contribution >= 0.6 is 0 Å². The molecule has 1 atom stereocenters. The molecule has 6 heteroatoms. The molecule has 3 heterocycles. The average Bonchev–Trinajstić information content (AvgIpc) is 2.85. The highest BCUT2D eigenvalue weighted by Gasteiger charge is 2.43. The predicted octanol–water partition coefficient (Wildman–Crippen LogP) is 0.711. The van der Waals surface area contributed by atoms with E-state index in [1.807, 2.05) is 17.9 Å². The second-order valence-electron chi connectivity index (χ2n) is 6.44. The number of carbonyl (C=O) groups excluding carboxylic acids is 2. The number of likely N-dealkylation sites (tertiary alicyclic amines) is 1. The predicted molar refractivity (Wildman–Crippen MR) is 80.4 cm³/mol. The minimum Gasteiger partial charge on any atom is -0.371 e. The van der Waals surface area contributed by atoms with Gasteiger partial charge in [-0.05, 0) is 25.0 Å². The van der Waals surface area contributed by atoms with Crippen LogP contribution in [0.15, 0.2) is 18.3 Å². The number of nitrogens with zero attached hydrogens (tertiary/aromatic N) is 3. The lowest BCUT2D eigenvalue weighted by Gasteiger charge is -2.29. The molecule has 1 aromatic rings. The summed E-state index contributed by atoms with van der Waals surface area (Å²) in [5, 5.41) is 0. The number of hydrogen-bond acceptors (Lipinski definition) is 4. The van der Waals surface area contributed by atoms with Crippen molar-refractivity contribution in [3.8, 4) is 0 Å². The number of pyridine rings is 1. The van der Waals surface area contributed by atoms with E-state index >= 15 is 0 Å². The summed E-state index contributed by atoms with van der Waals surface area (Å²) in [7, 11) is 1.80. The molecule has 1 spiro atoms. The molecular formula is C16H21N3O3. The van der Waals surface area contributed by atoms with E-state index in [-0.39, 0.29) is 23.8 Å². The van der Waals surface area contributed by atoms with E-state index in [9.17, 15) is 9.59 Å². The van der Waals surface area contributed by atoms with Gasteiger partial charge < -0.3 is 14.5 Å². The van der Waals surface area contributed by atoms with Crippen LogP contribution in [-0.2, 0) is 9.53 Å². The normalized spacial score (nSPS) is 25.6. The van der Waals surface area contributed by atoms with Gasteiger partial charge in [0.2, 0.25) is 5.91 Å².